The van der Waals surface area contributed by atoms with Gasteiger partial charge in [-0.3, -0.25) is 4.79 Å². The Morgan fingerprint density at radius 1 is 1.42 bits per heavy atom. The number of hydrogen-bond acceptors (Lipinski definition) is 3. The first-order valence-electron chi connectivity index (χ1n) is 6.42. The zero-order valence-electron chi connectivity index (χ0n) is 10.5. The molecular weight excluding hydrogens is 303 g/mol. The van der Waals surface area contributed by atoms with Gasteiger partial charge in [-0.05, 0) is 43.2 Å². The molecule has 3 nitrogen and oxygen atoms in total. The number of thiophene rings is 1. The molecule has 1 aromatic heterocycles. The highest BCUT2D eigenvalue weighted by atomic mass is 35.5. The van der Waals surface area contributed by atoms with Gasteiger partial charge < -0.3 is 11.1 Å². The number of carbonyl (C=O) groups excluding carboxylic acids is 1. The van der Waals surface area contributed by atoms with E-state index in [2.05, 4.69) is 5.32 Å². The van der Waals surface area contributed by atoms with Gasteiger partial charge in [0.05, 0.1) is 16.8 Å². The van der Waals surface area contributed by atoms with E-state index in [4.69, 9.17) is 17.3 Å². The molecule has 4 unspecified atom stereocenters. The fraction of sp³-hybridized carbons (Fsp3) is 0.615. The minimum absolute atomic E-state index is 0. The van der Waals surface area contributed by atoms with Crippen molar-refractivity contribution in [3.63, 3.8) is 0 Å². The fourth-order valence-electron chi connectivity index (χ4n) is 3.46. The maximum Gasteiger partial charge on any atom is 0.225 e. The first-order chi connectivity index (χ1) is 8.65. The third-order valence-electron chi connectivity index (χ3n) is 4.35. The highest BCUT2D eigenvalue weighted by molar-refractivity contribution is 7.16. The summed E-state index contributed by atoms with van der Waals surface area (Å²) in [4.78, 5) is 13.3. The smallest absolute Gasteiger partial charge is 0.225 e. The van der Waals surface area contributed by atoms with Crippen molar-refractivity contribution in [2.24, 2.45) is 23.5 Å². The minimum Gasteiger partial charge on any atom is -0.351 e. The van der Waals surface area contributed by atoms with E-state index < -0.39 is 0 Å². The van der Waals surface area contributed by atoms with E-state index in [0.29, 0.717) is 18.4 Å². The molecule has 2 fully saturated rings. The van der Waals surface area contributed by atoms with Crippen LogP contribution in [0.1, 0.15) is 24.1 Å². The number of amides is 1. The molecule has 0 saturated heterocycles. The van der Waals surface area contributed by atoms with Gasteiger partial charge in [-0.2, -0.15) is 0 Å². The largest absolute Gasteiger partial charge is 0.351 e. The SMILES string of the molecule is Cl.NC1C2CCC(C2)C1C(=O)NCc1ccc(Cl)s1. The summed E-state index contributed by atoms with van der Waals surface area (Å²) < 4.78 is 0.760. The third-order valence-corrected chi connectivity index (χ3v) is 5.58. The molecule has 2 aliphatic carbocycles. The van der Waals surface area contributed by atoms with Crippen LogP contribution in [0.15, 0.2) is 12.1 Å². The van der Waals surface area contributed by atoms with Crippen molar-refractivity contribution in [1.29, 1.82) is 0 Å². The minimum atomic E-state index is 0. The molecule has 0 spiro atoms. The van der Waals surface area contributed by atoms with E-state index in [0.717, 1.165) is 15.6 Å². The maximum atomic E-state index is 12.2. The third kappa shape index (κ3) is 2.92. The van der Waals surface area contributed by atoms with Crippen LogP contribution in [0.5, 0.6) is 0 Å². The lowest BCUT2D eigenvalue weighted by Gasteiger charge is -2.26. The summed E-state index contributed by atoms with van der Waals surface area (Å²) in [5.74, 6) is 1.23. The molecule has 2 aliphatic rings. The lowest BCUT2D eigenvalue weighted by Crippen LogP contribution is -2.45. The zero-order chi connectivity index (χ0) is 12.7. The topological polar surface area (TPSA) is 55.1 Å². The summed E-state index contributed by atoms with van der Waals surface area (Å²) >= 11 is 7.37. The number of nitrogens with one attached hydrogen (secondary N) is 1. The van der Waals surface area contributed by atoms with Crippen molar-refractivity contribution in [3.05, 3.63) is 21.3 Å². The Hall–Kier alpha value is -0.290. The number of nitrogens with two attached hydrogens (primary N) is 1. The Balaban J connectivity index is 0.00000133. The molecule has 0 aliphatic heterocycles. The second-order valence-electron chi connectivity index (χ2n) is 5.36. The molecule has 3 N–H and O–H groups in total. The van der Waals surface area contributed by atoms with Crippen molar-refractivity contribution in [1.82, 2.24) is 5.32 Å². The van der Waals surface area contributed by atoms with Crippen molar-refractivity contribution in [2.45, 2.75) is 31.8 Å². The molecular formula is C13H18Cl2N2OS. The van der Waals surface area contributed by atoms with E-state index in [1.165, 1.54) is 24.2 Å². The number of hydrogen-bond donors (Lipinski definition) is 2. The van der Waals surface area contributed by atoms with Gasteiger partial charge in [0.15, 0.2) is 0 Å². The average molecular weight is 321 g/mol. The molecule has 4 atom stereocenters. The van der Waals surface area contributed by atoms with Crippen LogP contribution in [-0.4, -0.2) is 11.9 Å². The molecule has 19 heavy (non-hydrogen) atoms. The van der Waals surface area contributed by atoms with Gasteiger partial charge in [0.1, 0.15) is 0 Å². The Morgan fingerprint density at radius 3 is 2.74 bits per heavy atom. The zero-order valence-corrected chi connectivity index (χ0v) is 12.9. The fourth-order valence-corrected chi connectivity index (χ4v) is 4.49. The molecule has 106 valence electrons. The van der Waals surface area contributed by atoms with Crippen LogP contribution in [0, 0.1) is 17.8 Å². The van der Waals surface area contributed by atoms with Gasteiger partial charge >= 0.3 is 0 Å². The Bertz CT molecular complexity index is 463. The number of carbonyl (C=O) groups is 1. The van der Waals surface area contributed by atoms with Gasteiger partial charge in [0.2, 0.25) is 5.91 Å². The van der Waals surface area contributed by atoms with Crippen LogP contribution in [0.4, 0.5) is 0 Å². The van der Waals surface area contributed by atoms with Crippen molar-refractivity contribution < 1.29 is 4.79 Å². The van der Waals surface area contributed by atoms with E-state index in [1.807, 2.05) is 12.1 Å². The van der Waals surface area contributed by atoms with Gasteiger partial charge in [0.25, 0.3) is 0 Å². The first kappa shape index (κ1) is 15.1. The maximum absolute atomic E-state index is 12.2. The second kappa shape index (κ2) is 6.00. The predicted molar refractivity (Wildman–Crippen MR) is 80.7 cm³/mol. The van der Waals surface area contributed by atoms with Gasteiger partial charge in [-0.1, -0.05) is 11.6 Å². The first-order valence-corrected chi connectivity index (χ1v) is 7.62. The van der Waals surface area contributed by atoms with Gasteiger partial charge in [-0.15, -0.1) is 23.7 Å². The van der Waals surface area contributed by atoms with E-state index in [9.17, 15) is 4.79 Å². The number of rotatable bonds is 3. The summed E-state index contributed by atoms with van der Waals surface area (Å²) in [5, 5.41) is 3.00. The van der Waals surface area contributed by atoms with Crippen LogP contribution < -0.4 is 11.1 Å². The van der Waals surface area contributed by atoms with Crippen LogP contribution in [0.2, 0.25) is 4.34 Å². The molecule has 3 rings (SSSR count). The van der Waals surface area contributed by atoms with E-state index >= 15 is 0 Å². The summed E-state index contributed by atoms with van der Waals surface area (Å²) in [5.41, 5.74) is 6.16. The van der Waals surface area contributed by atoms with Crippen LogP contribution in [-0.2, 0) is 11.3 Å². The van der Waals surface area contributed by atoms with E-state index in [1.54, 1.807) is 0 Å². The molecule has 2 saturated carbocycles. The van der Waals surface area contributed by atoms with Crippen LogP contribution in [0.25, 0.3) is 0 Å². The molecule has 1 heterocycles. The molecule has 1 aromatic rings. The highest BCUT2D eigenvalue weighted by Gasteiger charge is 2.48. The van der Waals surface area contributed by atoms with Gasteiger partial charge in [0, 0.05) is 10.9 Å². The number of halogens is 2. The van der Waals surface area contributed by atoms with Crippen molar-refractivity contribution >= 4 is 41.3 Å². The molecule has 0 radical (unpaired) electrons. The molecule has 0 aromatic carbocycles. The highest BCUT2D eigenvalue weighted by Crippen LogP contribution is 2.47. The average Bonchev–Trinajstić information content (AvgIpc) is 3.02. The second-order valence-corrected chi connectivity index (χ2v) is 7.16. The quantitative estimate of drug-likeness (QED) is 0.899. The predicted octanol–water partition coefficient (Wildman–Crippen LogP) is 2.81. The van der Waals surface area contributed by atoms with Crippen LogP contribution >= 0.6 is 35.3 Å². The summed E-state index contributed by atoms with van der Waals surface area (Å²) in [7, 11) is 0. The van der Waals surface area contributed by atoms with Crippen LogP contribution in [0.3, 0.4) is 0 Å². The monoisotopic (exact) mass is 320 g/mol. The summed E-state index contributed by atoms with van der Waals surface area (Å²) in [6, 6.07) is 3.88. The summed E-state index contributed by atoms with van der Waals surface area (Å²) in [6.45, 7) is 0.566. The molecule has 6 heteroatoms. The van der Waals surface area contributed by atoms with E-state index in [-0.39, 0.29) is 30.3 Å². The van der Waals surface area contributed by atoms with Crippen molar-refractivity contribution in [3.8, 4) is 0 Å². The van der Waals surface area contributed by atoms with Crippen molar-refractivity contribution in [2.75, 3.05) is 0 Å². The summed E-state index contributed by atoms with van der Waals surface area (Å²) in [6.07, 6.45) is 3.52. The Kier molecular flexibility index (Phi) is 4.77. The Morgan fingerprint density at radius 2 is 2.16 bits per heavy atom. The molecule has 1 amide bonds. The standard InChI is InChI=1S/C13H17ClN2OS.ClH/c14-10-4-3-9(18-10)6-16-13(17)11-7-1-2-8(5-7)12(11)15;/h3-4,7-8,11-12H,1-2,5-6,15H2,(H,16,17);1H. The van der Waals surface area contributed by atoms with Gasteiger partial charge in [-0.25, -0.2) is 0 Å². The normalized spacial score (nSPS) is 32.1. The Labute approximate surface area is 128 Å². The lowest BCUT2D eigenvalue weighted by atomic mass is 9.84. The molecule has 2 bridgehead atoms. The number of fused-ring (bicyclic) bond motifs is 2. The lowest BCUT2D eigenvalue weighted by molar-refractivity contribution is -0.127.